The van der Waals surface area contributed by atoms with Crippen LogP contribution in [0.25, 0.3) is 44.2 Å². The Morgan fingerprint density at radius 2 is 1.02 bits per heavy atom. The molecule has 13 rings (SSSR count). The summed E-state index contributed by atoms with van der Waals surface area (Å²) < 4.78 is 6.71. The van der Waals surface area contributed by atoms with Crippen molar-refractivity contribution in [3.05, 3.63) is 229 Å². The van der Waals surface area contributed by atoms with E-state index in [1.165, 1.54) is 71.4 Å². The number of rotatable bonds is 4. The molecule has 4 heteroatoms. The quantitative estimate of drug-likeness (QED) is 0.177. The Kier molecular flexibility index (Phi) is 6.87. The van der Waals surface area contributed by atoms with Crippen molar-refractivity contribution in [1.82, 2.24) is 0 Å². The van der Waals surface area contributed by atoms with Crippen LogP contribution in [0.4, 0.5) is 34.1 Å². The first-order valence-electron chi connectivity index (χ1n) is 20.2. The molecule has 10 aromatic rings. The molecule has 1 unspecified atom stereocenters. The molecule has 1 spiro atoms. The highest BCUT2D eigenvalue weighted by Crippen LogP contribution is 2.66. The highest BCUT2D eigenvalue weighted by molar-refractivity contribution is 7.99. The molecule has 0 radical (unpaired) electrons. The molecular formula is C55H34N2OS. The Labute approximate surface area is 346 Å². The van der Waals surface area contributed by atoms with Crippen molar-refractivity contribution in [2.75, 3.05) is 9.80 Å². The molecule has 0 N–H and O–H groups in total. The summed E-state index contributed by atoms with van der Waals surface area (Å²) in [6.45, 7) is 0. The van der Waals surface area contributed by atoms with Gasteiger partial charge in [0.2, 0.25) is 0 Å². The standard InChI is InChI=1S/C55H34N2OS/c1-2-16-35(17-3-1)56(49-28-14-21-40-39-19-6-11-29-50(39)58-54(40)49)36-32-33-38-37-18-4-7-22-42(37)55(45(38)34-36)43-23-8-5-20-41(43)53-44(55)24-15-27-48(53)57-46-25-9-12-30-51(46)59-52-31-13-10-26-47(52)57/h1-34H. The van der Waals surface area contributed by atoms with Gasteiger partial charge in [0.25, 0.3) is 0 Å². The highest BCUT2D eigenvalue weighted by Gasteiger charge is 2.53. The van der Waals surface area contributed by atoms with E-state index < -0.39 is 5.41 Å². The van der Waals surface area contributed by atoms with Crippen molar-refractivity contribution >= 4 is 67.8 Å². The molecule has 3 aliphatic rings. The summed E-state index contributed by atoms with van der Waals surface area (Å²) >= 11 is 1.85. The second-order valence-corrected chi connectivity index (χ2v) is 16.7. The molecule has 0 amide bonds. The minimum Gasteiger partial charge on any atom is -0.454 e. The molecule has 276 valence electrons. The van der Waals surface area contributed by atoms with Crippen LogP contribution in [0.15, 0.2) is 220 Å². The molecular weight excluding hydrogens is 737 g/mol. The van der Waals surface area contributed by atoms with Crippen LogP contribution in [0.1, 0.15) is 22.3 Å². The zero-order valence-electron chi connectivity index (χ0n) is 31.8. The molecule has 1 atom stereocenters. The lowest BCUT2D eigenvalue weighted by Gasteiger charge is -2.35. The summed E-state index contributed by atoms with van der Waals surface area (Å²) in [6, 6.07) is 75.5. The summed E-state index contributed by atoms with van der Waals surface area (Å²) in [7, 11) is 0. The van der Waals surface area contributed by atoms with Crippen LogP contribution in [0, 0.1) is 0 Å². The maximum absolute atomic E-state index is 6.71. The molecule has 0 saturated heterocycles. The van der Waals surface area contributed by atoms with E-state index in [1.807, 2.05) is 17.8 Å². The van der Waals surface area contributed by atoms with Gasteiger partial charge >= 0.3 is 0 Å². The number of hydrogen-bond acceptors (Lipinski definition) is 4. The number of fused-ring (bicyclic) bond motifs is 15. The van der Waals surface area contributed by atoms with Crippen molar-refractivity contribution in [1.29, 1.82) is 0 Å². The molecule has 1 aromatic heterocycles. The van der Waals surface area contributed by atoms with Gasteiger partial charge in [0.1, 0.15) is 5.58 Å². The molecule has 2 heterocycles. The van der Waals surface area contributed by atoms with Crippen LogP contribution in [-0.2, 0) is 5.41 Å². The normalized spacial score (nSPS) is 15.4. The van der Waals surface area contributed by atoms with E-state index in [0.29, 0.717) is 0 Å². The molecule has 2 aliphatic carbocycles. The SMILES string of the molecule is c1ccc(N(c2ccc3c(c2)C2(c4ccccc4-3)c3ccccc3-c3c(N4c5ccccc5Sc5ccccc54)cccc32)c2cccc3c2oc2ccccc23)cc1. The fourth-order valence-corrected chi connectivity index (χ4v) is 11.4. The van der Waals surface area contributed by atoms with Crippen LogP contribution >= 0.6 is 11.8 Å². The summed E-state index contributed by atoms with van der Waals surface area (Å²) in [5.41, 5.74) is 18.3. The van der Waals surface area contributed by atoms with Gasteiger partial charge in [-0.2, -0.15) is 0 Å². The predicted octanol–water partition coefficient (Wildman–Crippen LogP) is 15.3. The first kappa shape index (κ1) is 32.8. The number of hydrogen-bond donors (Lipinski definition) is 0. The van der Waals surface area contributed by atoms with Gasteiger partial charge in [-0.3, -0.25) is 0 Å². The third kappa shape index (κ3) is 4.44. The number of anilines is 6. The van der Waals surface area contributed by atoms with E-state index in [2.05, 4.69) is 210 Å². The number of furan rings is 1. The van der Waals surface area contributed by atoms with Gasteiger partial charge < -0.3 is 14.2 Å². The molecule has 0 fully saturated rings. The van der Waals surface area contributed by atoms with E-state index in [-0.39, 0.29) is 0 Å². The van der Waals surface area contributed by atoms with Crippen LogP contribution in [-0.4, -0.2) is 0 Å². The lowest BCUT2D eigenvalue weighted by atomic mass is 9.70. The lowest BCUT2D eigenvalue weighted by molar-refractivity contribution is 0.669. The largest absolute Gasteiger partial charge is 0.454 e. The monoisotopic (exact) mass is 770 g/mol. The van der Waals surface area contributed by atoms with Crippen molar-refractivity contribution in [3.8, 4) is 22.3 Å². The van der Waals surface area contributed by atoms with Gasteiger partial charge in [0.15, 0.2) is 5.58 Å². The number of nitrogens with zero attached hydrogens (tertiary/aromatic N) is 2. The third-order valence-electron chi connectivity index (χ3n) is 12.6. The van der Waals surface area contributed by atoms with E-state index >= 15 is 0 Å². The third-order valence-corrected chi connectivity index (χ3v) is 13.8. The van der Waals surface area contributed by atoms with Gasteiger partial charge in [-0.05, 0) is 106 Å². The average molecular weight is 771 g/mol. The second-order valence-electron chi connectivity index (χ2n) is 15.6. The van der Waals surface area contributed by atoms with Gasteiger partial charge in [-0.1, -0.05) is 151 Å². The Bertz CT molecular complexity index is 3300. The minimum absolute atomic E-state index is 0.554. The van der Waals surface area contributed by atoms with Crippen LogP contribution in [0.5, 0.6) is 0 Å². The van der Waals surface area contributed by atoms with E-state index in [1.54, 1.807) is 0 Å². The fourth-order valence-electron chi connectivity index (χ4n) is 10.4. The Hall–Kier alpha value is -7.27. The van der Waals surface area contributed by atoms with Gasteiger partial charge in [0, 0.05) is 37.5 Å². The lowest BCUT2D eigenvalue weighted by Crippen LogP contribution is -2.26. The van der Waals surface area contributed by atoms with Crippen LogP contribution < -0.4 is 9.80 Å². The Morgan fingerprint density at radius 1 is 0.424 bits per heavy atom. The van der Waals surface area contributed by atoms with E-state index in [0.717, 1.165) is 39.0 Å². The highest BCUT2D eigenvalue weighted by atomic mass is 32.2. The Morgan fingerprint density at radius 3 is 1.83 bits per heavy atom. The number of para-hydroxylation sites is 5. The predicted molar refractivity (Wildman–Crippen MR) is 244 cm³/mol. The van der Waals surface area contributed by atoms with Crippen molar-refractivity contribution in [3.63, 3.8) is 0 Å². The summed E-state index contributed by atoms with van der Waals surface area (Å²) in [6.07, 6.45) is 0. The zero-order valence-corrected chi connectivity index (χ0v) is 32.7. The van der Waals surface area contributed by atoms with Gasteiger partial charge in [-0.25, -0.2) is 0 Å². The average Bonchev–Trinajstić information content (AvgIpc) is 3.93. The molecule has 3 nitrogen and oxygen atoms in total. The van der Waals surface area contributed by atoms with Crippen LogP contribution in [0.2, 0.25) is 0 Å². The van der Waals surface area contributed by atoms with E-state index in [4.69, 9.17) is 4.42 Å². The summed E-state index contributed by atoms with van der Waals surface area (Å²) in [5, 5.41) is 2.22. The van der Waals surface area contributed by atoms with Crippen molar-refractivity contribution < 1.29 is 4.42 Å². The number of benzene rings is 9. The molecule has 1 aliphatic heterocycles. The maximum atomic E-state index is 6.71. The summed E-state index contributed by atoms with van der Waals surface area (Å²) in [4.78, 5) is 7.39. The minimum atomic E-state index is -0.554. The first-order valence-corrected chi connectivity index (χ1v) is 21.0. The maximum Gasteiger partial charge on any atom is 0.159 e. The van der Waals surface area contributed by atoms with Gasteiger partial charge in [-0.15, -0.1) is 0 Å². The fraction of sp³-hybridized carbons (Fsp3) is 0.0182. The topological polar surface area (TPSA) is 19.6 Å². The second kappa shape index (κ2) is 12.4. The van der Waals surface area contributed by atoms with Crippen LogP contribution in [0.3, 0.4) is 0 Å². The smallest absolute Gasteiger partial charge is 0.159 e. The molecule has 9 aromatic carbocycles. The van der Waals surface area contributed by atoms with Gasteiger partial charge in [0.05, 0.1) is 28.2 Å². The zero-order chi connectivity index (χ0) is 38.7. The molecule has 59 heavy (non-hydrogen) atoms. The van der Waals surface area contributed by atoms with Crippen molar-refractivity contribution in [2.45, 2.75) is 15.2 Å². The summed E-state index contributed by atoms with van der Waals surface area (Å²) in [5.74, 6) is 0. The van der Waals surface area contributed by atoms with Crippen molar-refractivity contribution in [2.24, 2.45) is 0 Å². The molecule has 0 saturated carbocycles. The first-order chi connectivity index (χ1) is 29.3. The molecule has 0 bridgehead atoms. The Balaban J connectivity index is 1.10. The van der Waals surface area contributed by atoms with E-state index in [9.17, 15) is 0 Å².